The molecule has 0 radical (unpaired) electrons. The third kappa shape index (κ3) is 3.56. The van der Waals surface area contributed by atoms with Crippen LogP contribution >= 0.6 is 0 Å². The van der Waals surface area contributed by atoms with Gasteiger partial charge >= 0.3 is 5.97 Å². The van der Waals surface area contributed by atoms with E-state index in [9.17, 15) is 14.0 Å². The lowest BCUT2D eigenvalue weighted by atomic mass is 10.1. The van der Waals surface area contributed by atoms with Crippen LogP contribution in [0.3, 0.4) is 0 Å². The second-order valence-corrected chi connectivity index (χ2v) is 5.20. The van der Waals surface area contributed by atoms with Crippen LogP contribution in [0.2, 0.25) is 0 Å². The second-order valence-electron chi connectivity index (χ2n) is 5.20. The van der Waals surface area contributed by atoms with Gasteiger partial charge in [0.2, 0.25) is 0 Å². The molecule has 2 aromatic carbocycles. The number of methoxy groups -OCH3 is 1. The van der Waals surface area contributed by atoms with Crippen LogP contribution in [0, 0.1) is 5.82 Å². The number of nitrogens with one attached hydrogen (secondary N) is 1. The number of benzene rings is 2. The van der Waals surface area contributed by atoms with Crippen molar-refractivity contribution >= 4 is 11.9 Å². The zero-order valence-electron chi connectivity index (χ0n) is 13.7. The molecule has 0 saturated carbocycles. The molecule has 0 unspecified atom stereocenters. The highest BCUT2D eigenvalue weighted by atomic mass is 19.1. The van der Waals surface area contributed by atoms with Crippen molar-refractivity contribution in [2.45, 2.75) is 6.54 Å². The van der Waals surface area contributed by atoms with Crippen LogP contribution in [0.1, 0.15) is 26.5 Å². The standard InChI is InChI=1S/C17H14FN5O3/c1-26-17(25)14-5-3-2-4-13(14)16(24)19-10-15-20-21-22-23(15)12-8-6-11(18)7-9-12/h2-9H,10H2,1H3,(H,19,24). The van der Waals surface area contributed by atoms with E-state index in [1.807, 2.05) is 0 Å². The van der Waals surface area contributed by atoms with E-state index in [1.54, 1.807) is 12.1 Å². The molecule has 0 bridgehead atoms. The first-order valence-corrected chi connectivity index (χ1v) is 7.59. The molecule has 0 saturated heterocycles. The van der Waals surface area contributed by atoms with Crippen molar-refractivity contribution in [3.8, 4) is 5.69 Å². The lowest BCUT2D eigenvalue weighted by Gasteiger charge is -2.09. The highest BCUT2D eigenvalue weighted by Gasteiger charge is 2.18. The predicted molar refractivity (Wildman–Crippen MR) is 88.1 cm³/mol. The summed E-state index contributed by atoms with van der Waals surface area (Å²) in [5.41, 5.74) is 0.890. The summed E-state index contributed by atoms with van der Waals surface area (Å²) in [5, 5.41) is 13.9. The quantitative estimate of drug-likeness (QED) is 0.697. The molecule has 0 aliphatic rings. The first-order chi connectivity index (χ1) is 12.6. The van der Waals surface area contributed by atoms with E-state index in [-0.39, 0.29) is 23.5 Å². The van der Waals surface area contributed by atoms with E-state index in [2.05, 4.69) is 25.6 Å². The van der Waals surface area contributed by atoms with E-state index in [1.165, 1.54) is 48.2 Å². The SMILES string of the molecule is COC(=O)c1ccccc1C(=O)NCc1nnnn1-c1ccc(F)cc1. The fourth-order valence-corrected chi connectivity index (χ4v) is 2.32. The zero-order chi connectivity index (χ0) is 18.5. The predicted octanol–water partition coefficient (Wildman–Crippen LogP) is 1.52. The number of ether oxygens (including phenoxy) is 1. The summed E-state index contributed by atoms with van der Waals surface area (Å²) in [6.45, 7) is 0.0126. The molecular weight excluding hydrogens is 341 g/mol. The number of halogens is 1. The summed E-state index contributed by atoms with van der Waals surface area (Å²) < 4.78 is 19.1. The van der Waals surface area contributed by atoms with Crippen molar-refractivity contribution in [2.75, 3.05) is 7.11 Å². The van der Waals surface area contributed by atoms with Gasteiger partial charge in [-0.15, -0.1) is 5.10 Å². The van der Waals surface area contributed by atoms with Crippen LogP contribution in [0.15, 0.2) is 48.5 Å². The normalized spacial score (nSPS) is 10.4. The minimum absolute atomic E-state index is 0.0126. The largest absolute Gasteiger partial charge is 0.465 e. The van der Waals surface area contributed by atoms with E-state index < -0.39 is 11.9 Å². The minimum Gasteiger partial charge on any atom is -0.465 e. The highest BCUT2D eigenvalue weighted by molar-refractivity contribution is 6.05. The van der Waals surface area contributed by atoms with Gasteiger partial charge in [-0.3, -0.25) is 4.79 Å². The van der Waals surface area contributed by atoms with Crippen molar-refractivity contribution < 1.29 is 18.7 Å². The van der Waals surface area contributed by atoms with Gasteiger partial charge in [-0.25, -0.2) is 9.18 Å². The Morgan fingerprint density at radius 2 is 1.81 bits per heavy atom. The number of esters is 1. The van der Waals surface area contributed by atoms with Gasteiger partial charge in [0.05, 0.1) is 30.5 Å². The molecule has 0 atom stereocenters. The molecule has 1 aromatic heterocycles. The first-order valence-electron chi connectivity index (χ1n) is 7.59. The van der Waals surface area contributed by atoms with Crippen molar-refractivity contribution in [2.24, 2.45) is 0 Å². The molecule has 0 spiro atoms. The van der Waals surface area contributed by atoms with Gasteiger partial charge in [0, 0.05) is 0 Å². The Morgan fingerprint density at radius 3 is 2.50 bits per heavy atom. The summed E-state index contributed by atoms with van der Waals surface area (Å²) in [5.74, 6) is -1.11. The van der Waals surface area contributed by atoms with E-state index in [0.29, 0.717) is 11.5 Å². The van der Waals surface area contributed by atoms with Crippen molar-refractivity contribution in [1.82, 2.24) is 25.5 Å². The molecule has 0 aliphatic carbocycles. The van der Waals surface area contributed by atoms with E-state index in [4.69, 9.17) is 0 Å². The third-order valence-electron chi connectivity index (χ3n) is 3.59. The van der Waals surface area contributed by atoms with Gasteiger partial charge in [0.15, 0.2) is 5.82 Å². The van der Waals surface area contributed by atoms with Crippen LogP contribution in [-0.4, -0.2) is 39.2 Å². The zero-order valence-corrected chi connectivity index (χ0v) is 13.7. The average Bonchev–Trinajstić information content (AvgIpc) is 3.14. The fourth-order valence-electron chi connectivity index (χ4n) is 2.32. The van der Waals surface area contributed by atoms with Crippen LogP contribution in [0.25, 0.3) is 5.69 Å². The molecule has 26 heavy (non-hydrogen) atoms. The van der Waals surface area contributed by atoms with Gasteiger partial charge in [-0.05, 0) is 46.8 Å². The van der Waals surface area contributed by atoms with Gasteiger partial charge in [0.25, 0.3) is 5.91 Å². The molecule has 132 valence electrons. The maximum Gasteiger partial charge on any atom is 0.338 e. The van der Waals surface area contributed by atoms with Gasteiger partial charge in [-0.2, -0.15) is 4.68 Å². The molecule has 3 rings (SSSR count). The number of rotatable bonds is 5. The lowest BCUT2D eigenvalue weighted by Crippen LogP contribution is -2.26. The maximum atomic E-state index is 13.0. The number of hydrogen-bond donors (Lipinski definition) is 1. The van der Waals surface area contributed by atoms with Gasteiger partial charge < -0.3 is 10.1 Å². The first kappa shape index (κ1) is 17.2. The van der Waals surface area contributed by atoms with Crippen molar-refractivity contribution in [3.63, 3.8) is 0 Å². The number of carbonyl (C=O) groups is 2. The van der Waals surface area contributed by atoms with Crippen molar-refractivity contribution in [3.05, 3.63) is 71.3 Å². The smallest absolute Gasteiger partial charge is 0.338 e. The Bertz CT molecular complexity index is 940. The average molecular weight is 355 g/mol. The summed E-state index contributed by atoms with van der Waals surface area (Å²) in [7, 11) is 1.24. The number of carbonyl (C=O) groups excluding carboxylic acids is 2. The third-order valence-corrected chi connectivity index (χ3v) is 3.59. The second kappa shape index (κ2) is 7.51. The molecule has 0 fully saturated rings. The van der Waals surface area contributed by atoms with Crippen molar-refractivity contribution in [1.29, 1.82) is 0 Å². The molecule has 8 nitrogen and oxygen atoms in total. The number of nitrogens with zero attached hydrogens (tertiary/aromatic N) is 4. The van der Waals surface area contributed by atoms with Crippen LogP contribution in [-0.2, 0) is 11.3 Å². The van der Waals surface area contributed by atoms with Gasteiger partial charge in [0.1, 0.15) is 5.82 Å². The van der Waals surface area contributed by atoms with Crippen LogP contribution in [0.4, 0.5) is 4.39 Å². The maximum absolute atomic E-state index is 13.0. The Labute approximate surface area is 147 Å². The Morgan fingerprint density at radius 1 is 1.12 bits per heavy atom. The summed E-state index contributed by atoms with van der Waals surface area (Å²) >= 11 is 0. The molecule has 3 aromatic rings. The Hall–Kier alpha value is -3.62. The van der Waals surface area contributed by atoms with Crippen LogP contribution in [0.5, 0.6) is 0 Å². The molecule has 0 aliphatic heterocycles. The topological polar surface area (TPSA) is 99.0 Å². The minimum atomic E-state index is -0.605. The molecule has 9 heteroatoms. The molecule has 1 amide bonds. The monoisotopic (exact) mass is 355 g/mol. The number of aromatic nitrogens is 4. The summed E-state index contributed by atoms with van der Waals surface area (Å²) in [4.78, 5) is 24.2. The number of hydrogen-bond acceptors (Lipinski definition) is 6. The molecular formula is C17H14FN5O3. The lowest BCUT2D eigenvalue weighted by molar-refractivity contribution is 0.0596. The van der Waals surface area contributed by atoms with Crippen LogP contribution < -0.4 is 5.32 Å². The van der Waals surface area contributed by atoms with Gasteiger partial charge in [-0.1, -0.05) is 12.1 Å². The highest BCUT2D eigenvalue weighted by Crippen LogP contribution is 2.12. The van der Waals surface area contributed by atoms with E-state index in [0.717, 1.165) is 0 Å². The molecule has 1 heterocycles. The number of amides is 1. The Balaban J connectivity index is 1.77. The fraction of sp³-hybridized carbons (Fsp3) is 0.118. The summed E-state index contributed by atoms with van der Waals surface area (Å²) in [6.07, 6.45) is 0. The number of tetrazole rings is 1. The molecule has 1 N–H and O–H groups in total. The van der Waals surface area contributed by atoms with E-state index >= 15 is 0 Å². The summed E-state index contributed by atoms with van der Waals surface area (Å²) in [6, 6.07) is 11.9. The Kier molecular flexibility index (Phi) is 4.97.